The van der Waals surface area contributed by atoms with E-state index in [0.717, 1.165) is 3.94 Å². The fourth-order valence-corrected chi connectivity index (χ4v) is 1.16. The van der Waals surface area contributed by atoms with Gasteiger partial charge in [0.2, 0.25) is 0 Å². The van der Waals surface area contributed by atoms with Gasteiger partial charge in [-0.3, -0.25) is 6.08 Å². The molecule has 0 bridgehead atoms. The second-order valence-corrected chi connectivity index (χ2v) is 6.05. The maximum atomic E-state index is 5.35. The zero-order valence-corrected chi connectivity index (χ0v) is 18.0. The van der Waals surface area contributed by atoms with Crippen LogP contribution in [0.25, 0.3) is 0 Å². The van der Waals surface area contributed by atoms with Crippen molar-refractivity contribution in [3.05, 3.63) is 22.8 Å². The van der Waals surface area contributed by atoms with Crippen molar-refractivity contribution >= 4 is 33.8 Å². The molecule has 19 heavy (non-hydrogen) atoms. The van der Waals surface area contributed by atoms with Crippen LogP contribution in [0.3, 0.4) is 0 Å². The Hall–Kier alpha value is 0.951. The molecule has 1 unspecified atom stereocenters. The minimum absolute atomic E-state index is 0. The molecule has 111 valence electrons. The Morgan fingerprint density at radius 3 is 1.47 bits per heavy atom. The first-order chi connectivity index (χ1) is 8.07. The number of nitrogens with zero attached hydrogens (tertiary/aromatic N) is 1. The average molecular weight is 356 g/mol. The van der Waals surface area contributed by atoms with E-state index in [1.165, 1.54) is 16.7 Å². The molecule has 0 fully saturated rings. The Labute approximate surface area is 148 Å². The summed E-state index contributed by atoms with van der Waals surface area (Å²) in [5.74, 6) is 0.560. The molecule has 0 saturated heterocycles. The topological polar surface area (TPSA) is 3.24 Å². The first-order valence-corrected chi connectivity index (χ1v) is 8.26. The van der Waals surface area contributed by atoms with Gasteiger partial charge in [-0.1, -0.05) is 33.2 Å². The van der Waals surface area contributed by atoms with Gasteiger partial charge in [0.15, 0.2) is 0 Å². The van der Waals surface area contributed by atoms with E-state index in [9.17, 15) is 0 Å². The maximum absolute atomic E-state index is 5.35. The predicted molar refractivity (Wildman–Crippen MR) is 87.7 cm³/mol. The molecule has 0 aromatic heterocycles. The van der Waals surface area contributed by atoms with Crippen LogP contribution in [0.5, 0.6) is 0 Å². The summed E-state index contributed by atoms with van der Waals surface area (Å²) in [6.45, 7) is 16.5. The summed E-state index contributed by atoms with van der Waals surface area (Å²) in [6, 6.07) is 0. The second-order valence-electron chi connectivity index (χ2n) is 5.20. The van der Waals surface area contributed by atoms with Crippen molar-refractivity contribution in [2.24, 2.45) is 5.92 Å². The third-order valence-corrected chi connectivity index (χ3v) is 3.76. The van der Waals surface area contributed by atoms with Crippen LogP contribution in [0.4, 0.5) is 0 Å². The summed E-state index contributed by atoms with van der Waals surface area (Å²) in [6.07, 6.45) is 3.36. The molecule has 1 nitrogen and oxygen atoms in total. The average Bonchev–Trinajstić information content (AvgIpc) is 2.48. The molecule has 1 aliphatic rings. The van der Waals surface area contributed by atoms with Gasteiger partial charge in [0.1, 0.15) is 0 Å². The molecule has 0 aromatic rings. The molecule has 1 rings (SSSR count). The molecule has 0 amide bonds. The number of hydrogen-bond acceptors (Lipinski definition) is 1. The fourth-order valence-electron chi connectivity index (χ4n) is 1.16. The SMILES string of the molecule is CC(C)(C)N(Cl)Cl.CC1=[C-]C(C)C(C)=C1C.C[SiH2].[Ti]. The van der Waals surface area contributed by atoms with Gasteiger partial charge in [-0.2, -0.15) is 11.1 Å². The van der Waals surface area contributed by atoms with E-state index < -0.39 is 0 Å². The summed E-state index contributed by atoms with van der Waals surface area (Å²) in [5, 5.41) is 0. The zero-order valence-electron chi connectivity index (χ0n) is 13.5. The monoisotopic (exact) mass is 355 g/mol. The summed E-state index contributed by atoms with van der Waals surface area (Å²) < 4.78 is 1.13. The minimum Gasteiger partial charge on any atom is -0.266 e. The van der Waals surface area contributed by atoms with Gasteiger partial charge >= 0.3 is 0 Å². The summed E-state index contributed by atoms with van der Waals surface area (Å²) in [7, 11) is 1.86. The first kappa shape index (κ1) is 24.9. The van der Waals surface area contributed by atoms with Gasteiger partial charge in [0.25, 0.3) is 0 Å². The maximum Gasteiger partial charge on any atom is 0.0442 e. The van der Waals surface area contributed by atoms with Crippen LogP contribution in [-0.4, -0.2) is 19.7 Å². The number of hydrogen-bond donors (Lipinski definition) is 0. The largest absolute Gasteiger partial charge is 0.266 e. The smallest absolute Gasteiger partial charge is 0.0442 e. The van der Waals surface area contributed by atoms with Gasteiger partial charge in [-0.05, 0) is 44.3 Å². The van der Waals surface area contributed by atoms with Crippen molar-refractivity contribution in [3.63, 3.8) is 0 Å². The van der Waals surface area contributed by atoms with Crippen molar-refractivity contribution < 1.29 is 21.7 Å². The number of halogens is 2. The van der Waals surface area contributed by atoms with E-state index in [0.29, 0.717) is 5.92 Å². The summed E-state index contributed by atoms with van der Waals surface area (Å²) in [4.78, 5) is 0. The molecule has 0 heterocycles. The Morgan fingerprint density at radius 2 is 1.42 bits per heavy atom. The molecule has 1 aliphatic carbocycles. The van der Waals surface area contributed by atoms with Crippen LogP contribution in [0.1, 0.15) is 48.5 Å². The van der Waals surface area contributed by atoms with Gasteiger partial charge in [0, 0.05) is 37.5 Å². The molecule has 0 saturated carbocycles. The minimum atomic E-state index is -0.136. The second kappa shape index (κ2) is 11.6. The number of rotatable bonds is 0. The van der Waals surface area contributed by atoms with Crippen molar-refractivity contribution in [1.29, 1.82) is 0 Å². The van der Waals surface area contributed by atoms with Gasteiger partial charge in [0.05, 0.1) is 0 Å². The summed E-state index contributed by atoms with van der Waals surface area (Å²) in [5.41, 5.74) is 4.11. The van der Waals surface area contributed by atoms with Crippen LogP contribution in [0, 0.1) is 12.0 Å². The van der Waals surface area contributed by atoms with Crippen LogP contribution >= 0.6 is 23.6 Å². The van der Waals surface area contributed by atoms with E-state index in [2.05, 4.69) is 33.8 Å². The molecule has 0 aliphatic heterocycles. The van der Waals surface area contributed by atoms with Crippen molar-refractivity contribution in [1.82, 2.24) is 3.94 Å². The van der Waals surface area contributed by atoms with Crippen LogP contribution in [0.15, 0.2) is 16.7 Å². The Morgan fingerprint density at radius 1 is 1.11 bits per heavy atom. The Balaban J connectivity index is -0.000000233. The van der Waals surface area contributed by atoms with Gasteiger partial charge < -0.3 is 0 Å². The Kier molecular flexibility index (Phi) is 15.2. The molecule has 0 spiro atoms. The molecular formula is C14H27Cl2NSiTi-. The molecule has 1 radical (unpaired) electrons. The molecule has 0 N–H and O–H groups in total. The molecule has 0 aromatic carbocycles. The van der Waals surface area contributed by atoms with E-state index in [1.54, 1.807) is 0 Å². The predicted octanol–water partition coefficient (Wildman–Crippen LogP) is 4.78. The van der Waals surface area contributed by atoms with E-state index in [4.69, 9.17) is 23.6 Å². The van der Waals surface area contributed by atoms with Gasteiger partial charge in [-0.15, -0.1) is 10.9 Å². The zero-order chi connectivity index (χ0) is 15.1. The van der Waals surface area contributed by atoms with Crippen LogP contribution < -0.4 is 0 Å². The third kappa shape index (κ3) is 10.3. The van der Waals surface area contributed by atoms with Gasteiger partial charge in [-0.25, -0.2) is 5.57 Å². The third-order valence-electron chi connectivity index (χ3n) is 2.74. The van der Waals surface area contributed by atoms with E-state index >= 15 is 0 Å². The molecule has 1 atom stereocenters. The normalized spacial score (nSPS) is 17.9. The van der Waals surface area contributed by atoms with E-state index in [-0.39, 0.29) is 27.3 Å². The van der Waals surface area contributed by atoms with Crippen LogP contribution in [-0.2, 0) is 21.7 Å². The summed E-state index contributed by atoms with van der Waals surface area (Å²) >= 11 is 10.7. The Bertz CT molecular complexity index is 307. The molecular weight excluding hydrogens is 329 g/mol. The molecule has 5 heteroatoms. The quantitative estimate of drug-likeness (QED) is 0.343. The van der Waals surface area contributed by atoms with E-state index in [1.807, 2.05) is 37.6 Å². The van der Waals surface area contributed by atoms with Crippen LogP contribution in [0.2, 0.25) is 6.55 Å². The van der Waals surface area contributed by atoms with Crippen molar-refractivity contribution in [2.75, 3.05) is 0 Å². The first-order valence-electron chi connectivity index (χ1n) is 6.17. The standard InChI is InChI=1S/C9H13.C4H9Cl2N.CH5Si.Ti/c1-6-5-7(2)9(4)8(6)3;1-4(2,3)7(5)6;1-2;/h6H,1-4H3;1-3H3;2H2,1H3;/q-1;;;. The number of allylic oxidation sites excluding steroid dienone is 4. The fraction of sp³-hybridized carbons (Fsp3) is 0.714. The van der Waals surface area contributed by atoms with Crippen molar-refractivity contribution in [2.45, 2.75) is 60.6 Å². The van der Waals surface area contributed by atoms with Crippen molar-refractivity contribution in [3.8, 4) is 0 Å².